The molecule has 0 aliphatic rings. The van der Waals surface area contributed by atoms with Crippen molar-refractivity contribution in [3.63, 3.8) is 0 Å². The van der Waals surface area contributed by atoms with E-state index in [1.807, 2.05) is 38.1 Å². The van der Waals surface area contributed by atoms with Gasteiger partial charge in [0, 0.05) is 18.9 Å². The number of para-hydroxylation sites is 2. The van der Waals surface area contributed by atoms with Crippen LogP contribution in [0.1, 0.15) is 24.2 Å². The first-order chi connectivity index (χ1) is 10.3. The van der Waals surface area contributed by atoms with Gasteiger partial charge < -0.3 is 15.4 Å². The highest BCUT2D eigenvalue weighted by atomic mass is 16.5. The lowest BCUT2D eigenvalue weighted by atomic mass is 10.2. The number of carbonyl (C=O) groups excluding carboxylic acids is 1. The van der Waals surface area contributed by atoms with Crippen molar-refractivity contribution < 1.29 is 9.53 Å². The molecule has 5 heteroatoms. The van der Waals surface area contributed by atoms with Crippen LogP contribution in [0.2, 0.25) is 0 Å². The van der Waals surface area contributed by atoms with Crippen LogP contribution in [0.5, 0.6) is 5.75 Å². The quantitative estimate of drug-likeness (QED) is 0.855. The second-order valence-corrected chi connectivity index (χ2v) is 4.33. The maximum Gasteiger partial charge on any atom is 0.259 e. The van der Waals surface area contributed by atoms with Gasteiger partial charge in [-0.25, -0.2) is 0 Å². The van der Waals surface area contributed by atoms with Gasteiger partial charge in [0.1, 0.15) is 5.75 Å². The van der Waals surface area contributed by atoms with Gasteiger partial charge in [-0.05, 0) is 32.0 Å². The fourth-order valence-corrected chi connectivity index (χ4v) is 1.96. The Morgan fingerprint density at radius 3 is 2.76 bits per heavy atom. The third-order valence-corrected chi connectivity index (χ3v) is 2.87. The van der Waals surface area contributed by atoms with Gasteiger partial charge in [-0.1, -0.05) is 12.1 Å². The predicted molar refractivity (Wildman–Crippen MR) is 84.0 cm³/mol. The van der Waals surface area contributed by atoms with E-state index in [9.17, 15) is 4.79 Å². The van der Waals surface area contributed by atoms with Crippen LogP contribution in [0.4, 0.5) is 11.4 Å². The maximum atomic E-state index is 12.4. The number of hydrogen-bond acceptors (Lipinski definition) is 4. The highest BCUT2D eigenvalue weighted by Gasteiger charge is 2.13. The molecule has 0 unspecified atom stereocenters. The fraction of sp³-hybridized carbons (Fsp3) is 0.250. The van der Waals surface area contributed by atoms with Crippen molar-refractivity contribution >= 4 is 17.3 Å². The lowest BCUT2D eigenvalue weighted by molar-refractivity contribution is 0.102. The summed E-state index contributed by atoms with van der Waals surface area (Å²) in [5.74, 6) is 0.438. The summed E-state index contributed by atoms with van der Waals surface area (Å²) in [6.45, 7) is 5.16. The molecule has 0 bridgehead atoms. The number of aromatic nitrogens is 1. The molecule has 1 aromatic carbocycles. The normalized spacial score (nSPS) is 10.0. The molecular formula is C16H19N3O2. The number of nitrogens with one attached hydrogen (secondary N) is 2. The lowest BCUT2D eigenvalue weighted by Gasteiger charge is -2.13. The summed E-state index contributed by atoms with van der Waals surface area (Å²) in [5, 5.41) is 6.02. The number of nitrogens with zero attached hydrogens (tertiary/aromatic N) is 1. The first-order valence-electron chi connectivity index (χ1n) is 6.97. The SMILES string of the molecule is CCNc1ccncc1C(=O)Nc1ccccc1OCC. The average Bonchev–Trinajstić information content (AvgIpc) is 2.50. The number of carbonyl (C=O) groups is 1. The van der Waals surface area contributed by atoms with Gasteiger partial charge in [-0.3, -0.25) is 9.78 Å². The molecule has 2 rings (SSSR count). The Labute approximate surface area is 124 Å². The minimum Gasteiger partial charge on any atom is -0.492 e. The van der Waals surface area contributed by atoms with E-state index in [1.54, 1.807) is 18.5 Å². The minimum atomic E-state index is -0.216. The third kappa shape index (κ3) is 3.72. The van der Waals surface area contributed by atoms with E-state index in [0.29, 0.717) is 23.6 Å². The van der Waals surface area contributed by atoms with Crippen LogP contribution in [0.25, 0.3) is 0 Å². The molecular weight excluding hydrogens is 266 g/mol. The molecule has 0 aliphatic heterocycles. The number of hydrogen-bond donors (Lipinski definition) is 2. The zero-order chi connectivity index (χ0) is 15.1. The molecule has 0 spiro atoms. The van der Waals surface area contributed by atoms with Crippen LogP contribution in [-0.4, -0.2) is 24.0 Å². The van der Waals surface area contributed by atoms with Gasteiger partial charge in [-0.15, -0.1) is 0 Å². The summed E-state index contributed by atoms with van der Waals surface area (Å²) >= 11 is 0. The first-order valence-corrected chi connectivity index (χ1v) is 6.97. The molecule has 2 N–H and O–H groups in total. The van der Waals surface area contributed by atoms with Crippen molar-refractivity contribution in [1.29, 1.82) is 0 Å². The standard InChI is InChI=1S/C16H19N3O2/c1-3-18-13-9-10-17-11-12(13)16(20)19-14-7-5-6-8-15(14)21-4-2/h5-11H,3-4H2,1-2H3,(H,17,18)(H,19,20). The Kier molecular flexibility index (Phi) is 5.15. The summed E-state index contributed by atoms with van der Waals surface area (Å²) in [4.78, 5) is 16.4. The van der Waals surface area contributed by atoms with Crippen LogP contribution < -0.4 is 15.4 Å². The number of anilines is 2. The van der Waals surface area contributed by atoms with E-state index in [4.69, 9.17) is 4.74 Å². The smallest absolute Gasteiger partial charge is 0.259 e. The van der Waals surface area contributed by atoms with Crippen molar-refractivity contribution in [3.8, 4) is 5.75 Å². The highest BCUT2D eigenvalue weighted by Crippen LogP contribution is 2.25. The predicted octanol–water partition coefficient (Wildman–Crippen LogP) is 3.16. The molecule has 0 saturated carbocycles. The summed E-state index contributed by atoms with van der Waals surface area (Å²) in [5.41, 5.74) is 1.92. The van der Waals surface area contributed by atoms with Gasteiger partial charge in [0.2, 0.25) is 0 Å². The third-order valence-electron chi connectivity index (χ3n) is 2.87. The molecule has 1 aromatic heterocycles. The Balaban J connectivity index is 2.22. The molecule has 1 heterocycles. The Morgan fingerprint density at radius 2 is 2.00 bits per heavy atom. The van der Waals surface area contributed by atoms with Crippen molar-refractivity contribution in [2.75, 3.05) is 23.8 Å². The molecule has 21 heavy (non-hydrogen) atoms. The Morgan fingerprint density at radius 1 is 1.19 bits per heavy atom. The number of rotatable bonds is 6. The van der Waals surface area contributed by atoms with E-state index >= 15 is 0 Å². The minimum absolute atomic E-state index is 0.216. The van der Waals surface area contributed by atoms with Crippen molar-refractivity contribution in [1.82, 2.24) is 4.98 Å². The number of benzene rings is 1. The molecule has 0 saturated heterocycles. The molecule has 0 atom stereocenters. The van der Waals surface area contributed by atoms with E-state index in [-0.39, 0.29) is 5.91 Å². The molecule has 2 aromatic rings. The van der Waals surface area contributed by atoms with Crippen LogP contribution in [-0.2, 0) is 0 Å². The van der Waals surface area contributed by atoms with E-state index < -0.39 is 0 Å². The molecule has 0 fully saturated rings. The number of ether oxygens (including phenoxy) is 1. The Hall–Kier alpha value is -2.56. The van der Waals surface area contributed by atoms with Crippen molar-refractivity contribution in [2.45, 2.75) is 13.8 Å². The van der Waals surface area contributed by atoms with Gasteiger partial charge >= 0.3 is 0 Å². The first kappa shape index (κ1) is 14.8. The number of amides is 1. The topological polar surface area (TPSA) is 63.2 Å². The monoisotopic (exact) mass is 285 g/mol. The van der Waals surface area contributed by atoms with Crippen LogP contribution in [0.3, 0.4) is 0 Å². The largest absolute Gasteiger partial charge is 0.492 e. The van der Waals surface area contributed by atoms with Crippen LogP contribution >= 0.6 is 0 Å². The second kappa shape index (κ2) is 7.28. The van der Waals surface area contributed by atoms with E-state index in [0.717, 1.165) is 12.2 Å². The number of pyridine rings is 1. The summed E-state index contributed by atoms with van der Waals surface area (Å²) < 4.78 is 5.51. The second-order valence-electron chi connectivity index (χ2n) is 4.33. The summed E-state index contributed by atoms with van der Waals surface area (Å²) in [7, 11) is 0. The molecule has 110 valence electrons. The zero-order valence-corrected chi connectivity index (χ0v) is 12.2. The molecule has 5 nitrogen and oxygen atoms in total. The molecule has 0 aliphatic carbocycles. The van der Waals surface area contributed by atoms with Gasteiger partial charge in [0.15, 0.2) is 0 Å². The summed E-state index contributed by atoms with van der Waals surface area (Å²) in [6, 6.07) is 9.15. The van der Waals surface area contributed by atoms with Crippen LogP contribution in [0, 0.1) is 0 Å². The maximum absolute atomic E-state index is 12.4. The van der Waals surface area contributed by atoms with Gasteiger partial charge in [0.25, 0.3) is 5.91 Å². The summed E-state index contributed by atoms with van der Waals surface area (Å²) in [6.07, 6.45) is 3.21. The van der Waals surface area contributed by atoms with Crippen molar-refractivity contribution in [2.24, 2.45) is 0 Å². The van der Waals surface area contributed by atoms with Gasteiger partial charge in [0.05, 0.1) is 23.5 Å². The van der Waals surface area contributed by atoms with Crippen molar-refractivity contribution in [3.05, 3.63) is 48.3 Å². The fourth-order valence-electron chi connectivity index (χ4n) is 1.96. The van der Waals surface area contributed by atoms with Crippen LogP contribution in [0.15, 0.2) is 42.7 Å². The lowest BCUT2D eigenvalue weighted by Crippen LogP contribution is -2.15. The highest BCUT2D eigenvalue weighted by molar-refractivity contribution is 6.08. The molecule has 1 amide bonds. The molecule has 0 radical (unpaired) electrons. The van der Waals surface area contributed by atoms with E-state index in [2.05, 4.69) is 15.6 Å². The zero-order valence-electron chi connectivity index (χ0n) is 12.2. The van der Waals surface area contributed by atoms with E-state index in [1.165, 1.54) is 0 Å². The average molecular weight is 285 g/mol. The van der Waals surface area contributed by atoms with Gasteiger partial charge in [-0.2, -0.15) is 0 Å². The Bertz CT molecular complexity index is 614.